The van der Waals surface area contributed by atoms with Crippen LogP contribution in [0, 0.1) is 11.3 Å². The molecule has 1 saturated carbocycles. The van der Waals surface area contributed by atoms with Crippen LogP contribution in [0.1, 0.15) is 20.3 Å². The van der Waals surface area contributed by atoms with Crippen molar-refractivity contribution >= 4 is 39.1 Å². The van der Waals surface area contributed by atoms with Crippen molar-refractivity contribution in [3.05, 3.63) is 16.6 Å². The van der Waals surface area contributed by atoms with Gasteiger partial charge in [0.15, 0.2) is 6.61 Å². The molecule has 2 aliphatic rings. The third kappa shape index (κ3) is 2.40. The van der Waals surface area contributed by atoms with Gasteiger partial charge >= 0.3 is 0 Å². The van der Waals surface area contributed by atoms with Crippen molar-refractivity contribution in [2.24, 2.45) is 11.3 Å². The number of halogens is 1. The van der Waals surface area contributed by atoms with E-state index in [2.05, 4.69) is 40.4 Å². The summed E-state index contributed by atoms with van der Waals surface area (Å²) >= 11 is 3.40. The van der Waals surface area contributed by atoms with Gasteiger partial charge in [-0.25, -0.2) is 0 Å². The van der Waals surface area contributed by atoms with Gasteiger partial charge < -0.3 is 15.4 Å². The van der Waals surface area contributed by atoms with Gasteiger partial charge in [0, 0.05) is 16.5 Å². The van der Waals surface area contributed by atoms with Crippen LogP contribution in [0.5, 0.6) is 5.75 Å². The molecule has 1 aromatic carbocycles. The predicted octanol–water partition coefficient (Wildman–Crippen LogP) is 2.76. The Morgan fingerprint density at radius 2 is 2.20 bits per heavy atom. The molecule has 0 aromatic heterocycles. The summed E-state index contributed by atoms with van der Waals surface area (Å²) in [7, 11) is 0. The maximum absolute atomic E-state index is 12.1. The quantitative estimate of drug-likeness (QED) is 0.871. The highest BCUT2D eigenvalue weighted by molar-refractivity contribution is 9.10. The number of hydrogen-bond acceptors (Lipinski definition) is 3. The van der Waals surface area contributed by atoms with Crippen LogP contribution in [0.2, 0.25) is 0 Å². The lowest BCUT2D eigenvalue weighted by molar-refractivity contribution is -0.119. The summed E-state index contributed by atoms with van der Waals surface area (Å²) in [5, 5.41) is 5.63. The fourth-order valence-electron chi connectivity index (χ4n) is 2.33. The minimum Gasteiger partial charge on any atom is -0.482 e. The normalized spacial score (nSPS) is 22.4. The highest BCUT2D eigenvalue weighted by Gasteiger charge is 2.50. The van der Waals surface area contributed by atoms with Gasteiger partial charge in [0.2, 0.25) is 5.91 Å². The molecule has 0 bridgehead atoms. The number of fused-ring (bicyclic) bond motifs is 1. The summed E-state index contributed by atoms with van der Waals surface area (Å²) in [5.74, 6) is 0.473. The molecule has 5 nitrogen and oxygen atoms in total. The van der Waals surface area contributed by atoms with Crippen LogP contribution in [-0.4, -0.2) is 18.4 Å². The van der Waals surface area contributed by atoms with E-state index in [9.17, 15) is 9.59 Å². The van der Waals surface area contributed by atoms with Gasteiger partial charge in [0.05, 0.1) is 11.4 Å². The van der Waals surface area contributed by atoms with E-state index < -0.39 is 0 Å². The van der Waals surface area contributed by atoms with E-state index in [1.807, 2.05) is 0 Å². The zero-order valence-electron chi connectivity index (χ0n) is 11.2. The first-order valence-electron chi connectivity index (χ1n) is 6.44. The molecule has 1 heterocycles. The molecule has 0 unspecified atom stereocenters. The second kappa shape index (κ2) is 4.48. The van der Waals surface area contributed by atoms with Crippen molar-refractivity contribution in [2.45, 2.75) is 20.3 Å². The van der Waals surface area contributed by atoms with Crippen LogP contribution in [0.25, 0.3) is 0 Å². The lowest BCUT2D eigenvalue weighted by atomic mass is 10.1. The molecule has 0 radical (unpaired) electrons. The zero-order valence-corrected chi connectivity index (χ0v) is 12.8. The largest absolute Gasteiger partial charge is 0.482 e. The maximum Gasteiger partial charge on any atom is 0.262 e. The van der Waals surface area contributed by atoms with E-state index in [0.717, 1.165) is 6.42 Å². The van der Waals surface area contributed by atoms with Crippen molar-refractivity contribution in [1.82, 2.24) is 0 Å². The van der Waals surface area contributed by atoms with Gasteiger partial charge in [0.1, 0.15) is 5.75 Å². The molecule has 3 rings (SSSR count). The molecule has 2 N–H and O–H groups in total. The van der Waals surface area contributed by atoms with E-state index in [4.69, 9.17) is 4.74 Å². The van der Waals surface area contributed by atoms with E-state index in [0.29, 0.717) is 21.6 Å². The average molecular weight is 339 g/mol. The summed E-state index contributed by atoms with van der Waals surface area (Å²) < 4.78 is 6.06. The van der Waals surface area contributed by atoms with Crippen LogP contribution >= 0.6 is 15.9 Å². The summed E-state index contributed by atoms with van der Waals surface area (Å²) in [6.07, 6.45) is 0.911. The zero-order chi connectivity index (χ0) is 14.5. The molecule has 2 amide bonds. The first-order chi connectivity index (χ1) is 9.37. The molecule has 6 heteroatoms. The Morgan fingerprint density at radius 1 is 1.50 bits per heavy atom. The molecule has 0 saturated heterocycles. The topological polar surface area (TPSA) is 67.4 Å². The number of anilines is 2. The first-order valence-corrected chi connectivity index (χ1v) is 7.23. The average Bonchev–Trinajstić information content (AvgIpc) is 3.00. The van der Waals surface area contributed by atoms with Crippen molar-refractivity contribution in [1.29, 1.82) is 0 Å². The Balaban J connectivity index is 1.81. The predicted molar refractivity (Wildman–Crippen MR) is 78.8 cm³/mol. The highest BCUT2D eigenvalue weighted by atomic mass is 79.9. The van der Waals surface area contributed by atoms with Crippen LogP contribution in [0.3, 0.4) is 0 Å². The lowest BCUT2D eigenvalue weighted by Gasteiger charge is -2.20. The maximum atomic E-state index is 12.1. The molecule has 0 spiro atoms. The third-order valence-electron chi connectivity index (χ3n) is 3.79. The summed E-state index contributed by atoms with van der Waals surface area (Å²) in [4.78, 5) is 23.4. The number of carbonyl (C=O) groups excluding carboxylic acids is 2. The third-order valence-corrected chi connectivity index (χ3v) is 4.45. The monoisotopic (exact) mass is 338 g/mol. The molecule has 1 aliphatic carbocycles. The van der Waals surface area contributed by atoms with Gasteiger partial charge in [-0.15, -0.1) is 0 Å². The fraction of sp³-hybridized carbons (Fsp3) is 0.429. The minimum absolute atomic E-state index is 0.00231. The van der Waals surface area contributed by atoms with Crippen molar-refractivity contribution < 1.29 is 14.3 Å². The Bertz CT molecular complexity index is 613. The number of hydrogen-bond donors (Lipinski definition) is 2. The smallest absolute Gasteiger partial charge is 0.262 e. The van der Waals surface area contributed by atoms with Gasteiger partial charge in [0.25, 0.3) is 5.91 Å². The summed E-state index contributed by atoms with van der Waals surface area (Å²) in [5.41, 5.74) is 1.36. The molecular weight excluding hydrogens is 324 g/mol. The van der Waals surface area contributed by atoms with E-state index in [1.165, 1.54) is 0 Å². The summed E-state index contributed by atoms with van der Waals surface area (Å²) in [6, 6.07) is 3.46. The van der Waals surface area contributed by atoms with Crippen LogP contribution in [0.4, 0.5) is 11.4 Å². The highest BCUT2D eigenvalue weighted by Crippen LogP contribution is 2.52. The second-order valence-electron chi connectivity index (χ2n) is 5.90. The Hall–Kier alpha value is -1.56. The summed E-state index contributed by atoms with van der Waals surface area (Å²) in [6.45, 7) is 4.16. The Morgan fingerprint density at radius 3 is 2.85 bits per heavy atom. The molecule has 106 valence electrons. The van der Waals surface area contributed by atoms with Gasteiger partial charge in [-0.2, -0.15) is 0 Å². The second-order valence-corrected chi connectivity index (χ2v) is 6.75. The molecule has 1 aromatic rings. The SMILES string of the molecule is CC1(C)C[C@@H]1C(=O)Nc1cc2c(cc1Br)NC(=O)CO2. The molecular formula is C14H15BrN2O3. The van der Waals surface area contributed by atoms with E-state index in [1.54, 1.807) is 12.1 Å². The molecule has 1 aliphatic heterocycles. The van der Waals surface area contributed by atoms with Crippen molar-refractivity contribution in [3.63, 3.8) is 0 Å². The first kappa shape index (κ1) is 13.4. The van der Waals surface area contributed by atoms with Crippen molar-refractivity contribution in [2.75, 3.05) is 17.2 Å². The molecule has 20 heavy (non-hydrogen) atoms. The molecule has 1 atom stereocenters. The number of benzene rings is 1. The standard InChI is InChI=1S/C14H15BrN2O3/c1-14(2)5-7(14)13(19)17-9-4-11-10(3-8(9)15)16-12(18)6-20-11/h3-4,7H,5-6H2,1-2H3,(H,16,18)(H,17,19)/t7-/m1/s1. The van der Waals surface area contributed by atoms with Gasteiger partial charge in [-0.1, -0.05) is 13.8 Å². The lowest BCUT2D eigenvalue weighted by Crippen LogP contribution is -2.25. The minimum atomic E-state index is -0.180. The fourth-order valence-corrected chi connectivity index (χ4v) is 2.77. The van der Waals surface area contributed by atoms with Gasteiger partial charge in [-0.3, -0.25) is 9.59 Å². The van der Waals surface area contributed by atoms with E-state index >= 15 is 0 Å². The number of amides is 2. The van der Waals surface area contributed by atoms with E-state index in [-0.39, 0.29) is 29.8 Å². The number of carbonyl (C=O) groups is 2. The molecule has 1 fully saturated rings. The Kier molecular flexibility index (Phi) is 3.01. The van der Waals surface area contributed by atoms with Crippen LogP contribution in [-0.2, 0) is 9.59 Å². The van der Waals surface area contributed by atoms with Gasteiger partial charge in [-0.05, 0) is 33.8 Å². The van der Waals surface area contributed by atoms with Crippen molar-refractivity contribution in [3.8, 4) is 5.75 Å². The van der Waals surface area contributed by atoms with Crippen LogP contribution < -0.4 is 15.4 Å². The number of rotatable bonds is 2. The number of nitrogens with one attached hydrogen (secondary N) is 2. The van der Waals surface area contributed by atoms with Crippen LogP contribution in [0.15, 0.2) is 16.6 Å². The number of ether oxygens (including phenoxy) is 1. The Labute approximate surface area is 125 Å².